The molecule has 0 aliphatic rings. The summed E-state index contributed by atoms with van der Waals surface area (Å²) in [6.07, 6.45) is 0. The molecule has 4 N–H and O–H groups in total. The third-order valence-corrected chi connectivity index (χ3v) is 8.70. The molecule has 0 heterocycles. The van der Waals surface area contributed by atoms with E-state index in [0.29, 0.717) is 22.3 Å². The van der Waals surface area contributed by atoms with Crippen LogP contribution in [0.2, 0.25) is 0 Å². The van der Waals surface area contributed by atoms with Crippen molar-refractivity contribution in [2.24, 2.45) is 0 Å². The Morgan fingerprint density at radius 2 is 0.600 bits per heavy atom. The van der Waals surface area contributed by atoms with Crippen LogP contribution < -0.4 is 0 Å². The number of ether oxygens (including phenoxy) is 2. The van der Waals surface area contributed by atoms with Crippen LogP contribution in [-0.4, -0.2) is 55.5 Å². The molecule has 6 aromatic carbocycles. The largest absolute Gasteiger partial charge is 0.507 e. The zero-order valence-corrected chi connectivity index (χ0v) is 33.0. The van der Waals surface area contributed by atoms with Gasteiger partial charge in [-0.3, -0.25) is 28.8 Å². The number of hydrogen-bond donors (Lipinski definition) is 4. The van der Waals surface area contributed by atoms with Crippen LogP contribution in [0, 0.1) is 0 Å². The van der Waals surface area contributed by atoms with Crippen molar-refractivity contribution < 1.29 is 77.2 Å². The summed E-state index contributed by atoms with van der Waals surface area (Å²) in [4.78, 5) is 74.1. The third kappa shape index (κ3) is 11.0. The standard InChI is InChI=1S/2C23H18O6.CH4.V/c2*1-14(24)29-13-19-22(27)17(20(25)15-8-4-2-5-9-15)12-18(23(19)28)21(26)16-10-6-3-7-11-16;;/h2*2-12,27-28H,13H2,1H3;1H4;. The number of benzene rings is 6. The summed E-state index contributed by atoms with van der Waals surface area (Å²) in [5.74, 6) is -5.57. The fourth-order valence-electron chi connectivity index (χ4n) is 5.73. The zero-order chi connectivity index (χ0) is 41.9. The topological polar surface area (TPSA) is 202 Å². The van der Waals surface area contributed by atoms with Gasteiger partial charge in [0.05, 0.1) is 33.4 Å². The van der Waals surface area contributed by atoms with Gasteiger partial charge in [-0.2, -0.15) is 0 Å². The van der Waals surface area contributed by atoms with Crippen LogP contribution in [-0.2, 0) is 50.8 Å². The second-order valence-corrected chi connectivity index (χ2v) is 12.6. The van der Waals surface area contributed by atoms with Crippen molar-refractivity contribution >= 4 is 35.1 Å². The first-order valence-corrected chi connectivity index (χ1v) is 17.6. The second kappa shape index (κ2) is 21.5. The van der Waals surface area contributed by atoms with Crippen LogP contribution >= 0.6 is 0 Å². The van der Waals surface area contributed by atoms with Gasteiger partial charge in [-0.1, -0.05) is 129 Å². The Morgan fingerprint density at radius 3 is 0.783 bits per heavy atom. The summed E-state index contributed by atoms with van der Waals surface area (Å²) in [5.41, 5.74) is 0.0874. The number of hydrogen-bond acceptors (Lipinski definition) is 12. The molecule has 0 bridgehead atoms. The molecular formula is C47H40O12V. The number of carbonyl (C=O) groups is 6. The van der Waals surface area contributed by atoms with Crippen LogP contribution in [0.15, 0.2) is 133 Å². The summed E-state index contributed by atoms with van der Waals surface area (Å²) in [6.45, 7) is 1.36. The molecule has 0 saturated carbocycles. The molecular weight excluding hydrogens is 807 g/mol. The fraction of sp³-hybridized carbons (Fsp3) is 0.106. The normalized spacial score (nSPS) is 10.0. The first-order valence-electron chi connectivity index (χ1n) is 17.6. The SMILES string of the molecule is C.CC(=O)OCc1c(O)c(C(=O)c2ccccc2)cc(C(=O)c2ccccc2)c1O.CC(=O)OCc1c(O)c(C(=O)c2ccccc2)cc(C(=O)c2ccccc2)c1O.[V]. The molecule has 0 amide bonds. The number of esters is 2. The van der Waals surface area contributed by atoms with E-state index >= 15 is 0 Å². The van der Waals surface area contributed by atoms with Crippen LogP contribution in [0.5, 0.6) is 23.0 Å². The molecule has 0 aromatic heterocycles. The van der Waals surface area contributed by atoms with Gasteiger partial charge in [0.1, 0.15) is 36.2 Å². The molecule has 12 nitrogen and oxygen atoms in total. The maximum Gasteiger partial charge on any atom is 0.302 e. The molecule has 6 rings (SSSR count). The monoisotopic (exact) mass is 847 g/mol. The van der Waals surface area contributed by atoms with E-state index in [9.17, 15) is 49.2 Å². The minimum atomic E-state index is -0.639. The first-order chi connectivity index (χ1) is 27.8. The molecule has 0 aliphatic carbocycles. The predicted octanol–water partition coefficient (Wildman–Crippen LogP) is 7.88. The number of rotatable bonds is 12. The summed E-state index contributed by atoms with van der Waals surface area (Å²) >= 11 is 0. The van der Waals surface area contributed by atoms with Gasteiger partial charge in [0.15, 0.2) is 23.1 Å². The third-order valence-electron chi connectivity index (χ3n) is 8.70. The summed E-state index contributed by atoms with van der Waals surface area (Å²) in [7, 11) is 0. The van der Waals surface area contributed by atoms with Crippen LogP contribution in [0.3, 0.4) is 0 Å². The Bertz CT molecular complexity index is 2180. The second-order valence-electron chi connectivity index (χ2n) is 12.6. The maximum atomic E-state index is 12.9. The average Bonchev–Trinajstić information content (AvgIpc) is 3.24. The molecule has 0 unspecified atom stereocenters. The van der Waals surface area contributed by atoms with Gasteiger partial charge in [0, 0.05) is 54.7 Å². The van der Waals surface area contributed by atoms with Gasteiger partial charge in [0.25, 0.3) is 0 Å². The Labute approximate surface area is 357 Å². The Hall–Kier alpha value is -7.28. The van der Waals surface area contributed by atoms with Gasteiger partial charge in [-0.25, -0.2) is 0 Å². The van der Waals surface area contributed by atoms with Crippen LogP contribution in [0.1, 0.15) is 96.1 Å². The van der Waals surface area contributed by atoms with Gasteiger partial charge in [0.2, 0.25) is 0 Å². The molecule has 0 aliphatic heterocycles. The van der Waals surface area contributed by atoms with Crippen molar-refractivity contribution in [2.75, 3.05) is 0 Å². The van der Waals surface area contributed by atoms with Crippen LogP contribution in [0.4, 0.5) is 0 Å². The van der Waals surface area contributed by atoms with E-state index in [4.69, 9.17) is 9.47 Å². The molecule has 6 aromatic rings. The van der Waals surface area contributed by atoms with Crippen molar-refractivity contribution in [1.82, 2.24) is 0 Å². The molecule has 1 radical (unpaired) electrons. The summed E-state index contributed by atoms with van der Waals surface area (Å²) in [6, 6.07) is 35.2. The van der Waals surface area contributed by atoms with Gasteiger partial charge >= 0.3 is 11.9 Å². The number of ketones is 4. The van der Waals surface area contributed by atoms with E-state index in [2.05, 4.69) is 0 Å². The maximum absolute atomic E-state index is 12.9. The number of carbonyl (C=O) groups excluding carboxylic acids is 6. The Balaban J connectivity index is 0.000000310. The fourth-order valence-corrected chi connectivity index (χ4v) is 5.73. The molecule has 0 saturated heterocycles. The van der Waals surface area contributed by atoms with Crippen molar-refractivity contribution in [3.8, 4) is 23.0 Å². The molecule has 0 fully saturated rings. The first kappa shape index (κ1) is 47.1. The van der Waals surface area contributed by atoms with Crippen molar-refractivity contribution in [3.05, 3.63) is 189 Å². The van der Waals surface area contributed by atoms with E-state index in [1.54, 1.807) is 121 Å². The van der Waals surface area contributed by atoms with Crippen molar-refractivity contribution in [1.29, 1.82) is 0 Å². The molecule has 0 atom stereocenters. The van der Waals surface area contributed by atoms with E-state index in [1.165, 1.54) is 13.8 Å². The Morgan fingerprint density at radius 1 is 0.400 bits per heavy atom. The van der Waals surface area contributed by atoms with Crippen molar-refractivity contribution in [2.45, 2.75) is 34.5 Å². The molecule has 305 valence electrons. The average molecular weight is 848 g/mol. The van der Waals surface area contributed by atoms with Gasteiger partial charge < -0.3 is 29.9 Å². The number of aromatic hydroxyl groups is 4. The quantitative estimate of drug-likeness (QED) is 0.0687. The zero-order valence-electron chi connectivity index (χ0n) is 31.6. The minimum absolute atomic E-state index is 0. The van der Waals surface area contributed by atoms with E-state index in [-0.39, 0.29) is 59.4 Å². The molecule has 60 heavy (non-hydrogen) atoms. The molecule has 13 heteroatoms. The summed E-state index contributed by atoms with van der Waals surface area (Å²) in [5, 5.41) is 42.4. The van der Waals surface area contributed by atoms with E-state index in [0.717, 1.165) is 12.1 Å². The van der Waals surface area contributed by atoms with Gasteiger partial charge in [-0.05, 0) is 12.1 Å². The van der Waals surface area contributed by atoms with E-state index in [1.807, 2.05) is 0 Å². The summed E-state index contributed by atoms with van der Waals surface area (Å²) < 4.78 is 9.78. The van der Waals surface area contributed by atoms with E-state index < -0.39 is 71.3 Å². The molecule has 0 spiro atoms. The smallest absolute Gasteiger partial charge is 0.302 e. The van der Waals surface area contributed by atoms with Gasteiger partial charge in [-0.15, -0.1) is 0 Å². The van der Waals surface area contributed by atoms with Crippen molar-refractivity contribution in [3.63, 3.8) is 0 Å². The van der Waals surface area contributed by atoms with Crippen LogP contribution in [0.25, 0.3) is 0 Å². The number of phenols is 4. The minimum Gasteiger partial charge on any atom is -0.507 e. The number of phenolic OH excluding ortho intramolecular Hbond substituents is 4. The Kier molecular flexibility index (Phi) is 16.9. The predicted molar refractivity (Wildman–Crippen MR) is 217 cm³/mol.